The molecule has 0 N–H and O–H groups in total. The minimum atomic E-state index is 0.561. The molecule has 256 valence electrons. The van der Waals surface area contributed by atoms with Crippen LogP contribution < -0.4 is 0 Å². The summed E-state index contributed by atoms with van der Waals surface area (Å²) in [5.41, 5.74) is 7.58. The fourth-order valence-electron chi connectivity index (χ4n) is 8.34. The van der Waals surface area contributed by atoms with Crippen molar-refractivity contribution in [2.24, 2.45) is 0 Å². The number of fused-ring (bicyclic) bond motifs is 10. The normalized spacial score (nSPS) is 12.0. The summed E-state index contributed by atoms with van der Waals surface area (Å²) in [5.74, 6) is 1.80. The maximum atomic E-state index is 6.86. The highest BCUT2D eigenvalue weighted by atomic mass is 32.1. The van der Waals surface area contributed by atoms with Crippen LogP contribution in [0.2, 0.25) is 0 Å². The molecule has 0 radical (unpaired) electrons. The van der Waals surface area contributed by atoms with E-state index in [1.165, 1.54) is 37.0 Å². The van der Waals surface area contributed by atoms with Gasteiger partial charge in [0.2, 0.25) is 0 Å². The molecule has 0 bridgehead atoms. The first-order chi connectivity index (χ1) is 27.3. The second-order valence-electron chi connectivity index (χ2n) is 14.0. The van der Waals surface area contributed by atoms with E-state index in [1.807, 2.05) is 30.3 Å². The summed E-state index contributed by atoms with van der Waals surface area (Å²) < 4.78 is 11.6. The van der Waals surface area contributed by atoms with Crippen LogP contribution in [0.1, 0.15) is 0 Å². The van der Waals surface area contributed by atoms with Gasteiger partial charge >= 0.3 is 0 Å². The van der Waals surface area contributed by atoms with Gasteiger partial charge in [0, 0.05) is 47.5 Å². The molecule has 0 spiro atoms. The highest BCUT2D eigenvalue weighted by molar-refractivity contribution is 7.26. The van der Waals surface area contributed by atoms with Crippen LogP contribution >= 0.6 is 11.3 Å². The summed E-state index contributed by atoms with van der Waals surface area (Å²) in [6.45, 7) is 0. The summed E-state index contributed by atoms with van der Waals surface area (Å²) in [5, 5.41) is 9.32. The van der Waals surface area contributed by atoms with Crippen LogP contribution in [-0.2, 0) is 0 Å². The first-order valence-corrected chi connectivity index (χ1v) is 19.2. The van der Waals surface area contributed by atoms with Crippen LogP contribution in [0.5, 0.6) is 0 Å². The van der Waals surface area contributed by atoms with Gasteiger partial charge in [-0.25, -0.2) is 15.0 Å². The molecule has 0 aliphatic heterocycles. The lowest BCUT2D eigenvalue weighted by Crippen LogP contribution is -2.01. The zero-order chi connectivity index (χ0) is 36.0. The topological polar surface area (TPSA) is 56.7 Å². The second-order valence-corrected chi connectivity index (χ2v) is 15.0. The van der Waals surface area contributed by atoms with Crippen molar-refractivity contribution >= 4 is 86.0 Å². The summed E-state index contributed by atoms with van der Waals surface area (Å²) >= 11 is 1.77. The first-order valence-electron chi connectivity index (χ1n) is 18.4. The number of benzene rings is 8. The molecular formula is C49H28N4OS. The molecule has 0 saturated heterocycles. The zero-order valence-electron chi connectivity index (χ0n) is 29.3. The average molecular weight is 721 g/mol. The molecule has 12 aromatic rings. The van der Waals surface area contributed by atoms with Crippen molar-refractivity contribution in [1.29, 1.82) is 0 Å². The molecule has 0 amide bonds. The van der Waals surface area contributed by atoms with Crippen molar-refractivity contribution in [2.75, 3.05) is 0 Å². The van der Waals surface area contributed by atoms with E-state index in [2.05, 4.69) is 144 Å². The Bertz CT molecular complexity index is 3500. The summed E-state index contributed by atoms with van der Waals surface area (Å²) in [7, 11) is 0. The van der Waals surface area contributed by atoms with Crippen molar-refractivity contribution in [2.45, 2.75) is 0 Å². The predicted octanol–water partition coefficient (Wildman–Crippen LogP) is 13.4. The highest BCUT2D eigenvalue weighted by Gasteiger charge is 2.23. The van der Waals surface area contributed by atoms with E-state index in [9.17, 15) is 0 Å². The Hall–Kier alpha value is -7.15. The van der Waals surface area contributed by atoms with Crippen molar-refractivity contribution in [3.05, 3.63) is 170 Å². The molecule has 0 saturated carbocycles. The number of para-hydroxylation sites is 2. The standard InChI is InChI=1S/C49H28N4OS/c1-2-13-29(14-3-1)47-50-48(52-49(51-47)37-21-12-20-34-33-18-8-11-24-43(33)55-46(34)37)36-25-26-40(44-35-19-7-10-23-42(35)54-45(36)44)53-39-22-9-6-17-32(39)38-27-30-15-4-5-16-31(30)28-41(38)53/h1-28H. The lowest BCUT2D eigenvalue weighted by molar-refractivity contribution is 0.669. The van der Waals surface area contributed by atoms with E-state index >= 15 is 0 Å². The summed E-state index contributed by atoms with van der Waals surface area (Å²) in [4.78, 5) is 15.6. The number of rotatable bonds is 4. The van der Waals surface area contributed by atoms with E-state index in [0.29, 0.717) is 17.5 Å². The minimum absolute atomic E-state index is 0.561. The molecule has 0 aliphatic carbocycles. The molecule has 5 nitrogen and oxygen atoms in total. The molecule has 6 heteroatoms. The van der Waals surface area contributed by atoms with Crippen LogP contribution in [0.15, 0.2) is 174 Å². The molecule has 0 aliphatic rings. The van der Waals surface area contributed by atoms with Crippen LogP contribution in [0.4, 0.5) is 0 Å². The van der Waals surface area contributed by atoms with Crippen molar-refractivity contribution in [1.82, 2.24) is 19.5 Å². The van der Waals surface area contributed by atoms with Gasteiger partial charge in [0.1, 0.15) is 11.2 Å². The zero-order valence-corrected chi connectivity index (χ0v) is 30.1. The molecule has 12 rings (SSSR count). The first kappa shape index (κ1) is 30.3. The van der Waals surface area contributed by atoms with Gasteiger partial charge < -0.3 is 8.98 Å². The van der Waals surface area contributed by atoms with Crippen LogP contribution in [0, 0.1) is 0 Å². The van der Waals surface area contributed by atoms with Gasteiger partial charge in [-0.2, -0.15) is 0 Å². The Morgan fingerprint density at radius 2 is 1.13 bits per heavy atom. The van der Waals surface area contributed by atoms with Crippen LogP contribution in [-0.4, -0.2) is 19.5 Å². The average Bonchev–Trinajstić information content (AvgIpc) is 3.93. The minimum Gasteiger partial charge on any atom is -0.455 e. The van der Waals surface area contributed by atoms with Crippen molar-refractivity contribution in [3.8, 4) is 39.9 Å². The Morgan fingerprint density at radius 1 is 0.455 bits per heavy atom. The van der Waals surface area contributed by atoms with Crippen molar-refractivity contribution in [3.63, 3.8) is 0 Å². The number of hydrogen-bond acceptors (Lipinski definition) is 5. The van der Waals surface area contributed by atoms with E-state index in [0.717, 1.165) is 60.0 Å². The van der Waals surface area contributed by atoms with E-state index in [1.54, 1.807) is 11.3 Å². The Morgan fingerprint density at radius 3 is 2.00 bits per heavy atom. The van der Waals surface area contributed by atoms with Gasteiger partial charge in [0.15, 0.2) is 17.5 Å². The number of nitrogens with zero attached hydrogens (tertiary/aromatic N) is 4. The molecule has 0 unspecified atom stereocenters. The predicted molar refractivity (Wildman–Crippen MR) is 228 cm³/mol. The lowest BCUT2D eigenvalue weighted by atomic mass is 10.0. The SMILES string of the molecule is c1ccc(-c2nc(-c3ccc(-n4c5ccccc5c5cc6ccccc6cc54)c4c3oc3ccccc34)nc(-c3cccc4c3sc3ccccc34)n2)cc1. The fourth-order valence-corrected chi connectivity index (χ4v) is 9.56. The fraction of sp³-hybridized carbons (Fsp3) is 0. The molecule has 4 aromatic heterocycles. The van der Waals surface area contributed by atoms with Gasteiger partial charge in [0.05, 0.1) is 27.7 Å². The summed E-state index contributed by atoms with van der Waals surface area (Å²) in [6.07, 6.45) is 0. The largest absolute Gasteiger partial charge is 0.455 e. The third-order valence-corrected chi connectivity index (χ3v) is 12.1. The summed E-state index contributed by atoms with van der Waals surface area (Å²) in [6, 6.07) is 59.6. The lowest BCUT2D eigenvalue weighted by Gasteiger charge is -2.13. The Kier molecular flexibility index (Phi) is 6.44. The van der Waals surface area contributed by atoms with Crippen LogP contribution in [0.25, 0.3) is 115 Å². The number of thiophene rings is 1. The van der Waals surface area contributed by atoms with Crippen molar-refractivity contribution < 1.29 is 4.42 Å². The molecule has 55 heavy (non-hydrogen) atoms. The van der Waals surface area contributed by atoms with E-state index in [-0.39, 0.29) is 0 Å². The van der Waals surface area contributed by atoms with E-state index < -0.39 is 0 Å². The van der Waals surface area contributed by atoms with Crippen LogP contribution in [0.3, 0.4) is 0 Å². The number of furan rings is 1. The molecule has 0 atom stereocenters. The Balaban J connectivity index is 1.16. The van der Waals surface area contributed by atoms with Gasteiger partial charge in [0.25, 0.3) is 0 Å². The van der Waals surface area contributed by atoms with Gasteiger partial charge in [-0.1, -0.05) is 121 Å². The quantitative estimate of drug-likeness (QED) is 0.182. The molecule has 0 fully saturated rings. The number of hydrogen-bond donors (Lipinski definition) is 0. The maximum absolute atomic E-state index is 6.86. The maximum Gasteiger partial charge on any atom is 0.167 e. The van der Waals surface area contributed by atoms with Gasteiger partial charge in [-0.05, 0) is 59.3 Å². The molecule has 8 aromatic carbocycles. The highest BCUT2D eigenvalue weighted by Crippen LogP contribution is 2.44. The Labute approximate surface area is 318 Å². The molecular weight excluding hydrogens is 693 g/mol. The van der Waals surface area contributed by atoms with Gasteiger partial charge in [-0.3, -0.25) is 0 Å². The smallest absolute Gasteiger partial charge is 0.167 e. The monoisotopic (exact) mass is 720 g/mol. The third kappa shape index (κ3) is 4.55. The van der Waals surface area contributed by atoms with E-state index in [4.69, 9.17) is 19.4 Å². The number of aromatic nitrogens is 4. The molecule has 4 heterocycles. The van der Waals surface area contributed by atoms with Gasteiger partial charge in [-0.15, -0.1) is 11.3 Å². The third-order valence-electron chi connectivity index (χ3n) is 10.8. The second kappa shape index (κ2) is 11.7.